The van der Waals surface area contributed by atoms with Crippen LogP contribution in [0.5, 0.6) is 0 Å². The van der Waals surface area contributed by atoms with Crippen LogP contribution in [0.25, 0.3) is 0 Å². The third kappa shape index (κ3) is 11.4. The molecule has 1 aromatic rings. The molecule has 0 bridgehead atoms. The van der Waals surface area contributed by atoms with Crippen molar-refractivity contribution in [2.45, 2.75) is 39.8 Å². The molecule has 0 radical (unpaired) electrons. The van der Waals surface area contributed by atoms with E-state index in [4.69, 9.17) is 9.47 Å². The van der Waals surface area contributed by atoms with Gasteiger partial charge in [-0.1, -0.05) is 24.3 Å². The van der Waals surface area contributed by atoms with Gasteiger partial charge in [0.1, 0.15) is 0 Å². The van der Waals surface area contributed by atoms with Crippen LogP contribution in [0.1, 0.15) is 37.8 Å². The van der Waals surface area contributed by atoms with Crippen LogP contribution in [0.4, 0.5) is 0 Å². The molecule has 1 aliphatic rings. The van der Waals surface area contributed by atoms with Crippen molar-refractivity contribution >= 4 is 35.8 Å². The summed E-state index contributed by atoms with van der Waals surface area (Å²) in [6.45, 7) is 9.14. The maximum absolute atomic E-state index is 11.6. The number of carbonyl (C=O) groups excluding carboxylic acids is 1. The first kappa shape index (κ1) is 25.6. The maximum atomic E-state index is 11.6. The molecule has 1 aliphatic carbocycles. The lowest BCUT2D eigenvalue weighted by atomic mass is 10.1. The van der Waals surface area contributed by atoms with Gasteiger partial charge in [0.2, 0.25) is 5.91 Å². The lowest BCUT2D eigenvalue weighted by molar-refractivity contribution is -0.122. The van der Waals surface area contributed by atoms with Crippen molar-refractivity contribution in [2.24, 2.45) is 10.9 Å². The van der Waals surface area contributed by atoms with Crippen LogP contribution in [-0.2, 0) is 27.4 Å². The number of aliphatic imine (C=N–C) groups is 1. The fourth-order valence-electron chi connectivity index (χ4n) is 2.64. The fourth-order valence-corrected chi connectivity index (χ4v) is 2.64. The van der Waals surface area contributed by atoms with Crippen LogP contribution in [0.2, 0.25) is 0 Å². The second kappa shape index (κ2) is 15.4. The molecular weight excluding hydrogens is 483 g/mol. The number of nitrogens with one attached hydrogen (secondary N) is 3. The monoisotopic (exact) mass is 518 g/mol. The number of nitrogens with zero attached hydrogens (tertiary/aromatic N) is 1. The van der Waals surface area contributed by atoms with Crippen molar-refractivity contribution in [3.05, 3.63) is 35.4 Å². The molecule has 3 N–H and O–H groups in total. The highest BCUT2D eigenvalue weighted by Gasteiger charge is 2.28. The Balaban J connectivity index is 0.00000420. The van der Waals surface area contributed by atoms with Crippen LogP contribution in [0.15, 0.2) is 29.3 Å². The third-order valence-electron chi connectivity index (χ3n) is 4.27. The lowest BCUT2D eigenvalue weighted by Crippen LogP contribution is -2.41. The second-order valence-electron chi connectivity index (χ2n) is 6.76. The SMILES string of the molecule is CCNC(=NCc1cccc(COCCOCC)c1)NCCNC(=O)C1CC1.I. The number of ether oxygens (including phenoxy) is 2. The molecule has 0 saturated heterocycles. The Morgan fingerprint density at radius 2 is 1.79 bits per heavy atom. The van der Waals surface area contributed by atoms with Gasteiger partial charge in [0.05, 0.1) is 26.4 Å². The van der Waals surface area contributed by atoms with E-state index in [0.717, 1.165) is 36.5 Å². The summed E-state index contributed by atoms with van der Waals surface area (Å²) < 4.78 is 10.9. The average Bonchev–Trinajstić information content (AvgIpc) is 3.55. The number of benzene rings is 1. The van der Waals surface area contributed by atoms with Gasteiger partial charge >= 0.3 is 0 Å². The second-order valence-corrected chi connectivity index (χ2v) is 6.76. The molecule has 1 saturated carbocycles. The van der Waals surface area contributed by atoms with E-state index < -0.39 is 0 Å². The highest BCUT2D eigenvalue weighted by molar-refractivity contribution is 14.0. The van der Waals surface area contributed by atoms with Crippen molar-refractivity contribution in [3.8, 4) is 0 Å². The molecule has 0 spiro atoms. The molecule has 164 valence electrons. The number of hydrogen-bond acceptors (Lipinski definition) is 4. The normalized spacial score (nSPS) is 13.5. The quantitative estimate of drug-likeness (QED) is 0.162. The standard InChI is InChI=1S/C21H34N4O3.HI/c1-3-22-21(24-11-10-23-20(26)19-8-9-19)25-15-17-6-5-7-18(14-17)16-28-13-12-27-4-2;/h5-7,14,19H,3-4,8-13,15-16H2,1-2H3,(H,23,26)(H2,22,24,25);1H. The molecule has 7 nitrogen and oxygen atoms in total. The van der Waals surface area contributed by atoms with E-state index in [0.29, 0.717) is 46.1 Å². The Labute approximate surface area is 191 Å². The minimum atomic E-state index is 0. The van der Waals surface area contributed by atoms with Gasteiger partial charge in [-0.05, 0) is 37.8 Å². The largest absolute Gasteiger partial charge is 0.379 e. The topological polar surface area (TPSA) is 84.0 Å². The summed E-state index contributed by atoms with van der Waals surface area (Å²) in [5.41, 5.74) is 2.26. The van der Waals surface area contributed by atoms with Crippen LogP contribution < -0.4 is 16.0 Å². The maximum Gasteiger partial charge on any atom is 0.223 e. The number of carbonyl (C=O) groups is 1. The van der Waals surface area contributed by atoms with Crippen molar-refractivity contribution < 1.29 is 14.3 Å². The molecule has 1 amide bonds. The van der Waals surface area contributed by atoms with Crippen LogP contribution in [0, 0.1) is 5.92 Å². The van der Waals surface area contributed by atoms with Gasteiger partial charge in [0.25, 0.3) is 0 Å². The molecule has 1 aromatic carbocycles. The highest BCUT2D eigenvalue weighted by Crippen LogP contribution is 2.28. The molecule has 8 heteroatoms. The molecule has 2 rings (SSSR count). The van der Waals surface area contributed by atoms with Crippen molar-refractivity contribution in [1.29, 1.82) is 0 Å². The van der Waals surface area contributed by atoms with Crippen molar-refractivity contribution in [1.82, 2.24) is 16.0 Å². The molecule has 0 heterocycles. The van der Waals surface area contributed by atoms with E-state index in [9.17, 15) is 4.79 Å². The first-order chi connectivity index (χ1) is 13.7. The van der Waals surface area contributed by atoms with E-state index in [1.54, 1.807) is 0 Å². The lowest BCUT2D eigenvalue weighted by Gasteiger charge is -2.12. The Morgan fingerprint density at radius 1 is 1.07 bits per heavy atom. The fraction of sp³-hybridized carbons (Fsp3) is 0.619. The Hall–Kier alpha value is -1.39. The first-order valence-electron chi connectivity index (χ1n) is 10.3. The number of rotatable bonds is 13. The van der Waals surface area contributed by atoms with Gasteiger partial charge in [-0.3, -0.25) is 4.79 Å². The van der Waals surface area contributed by atoms with Crippen molar-refractivity contribution in [2.75, 3.05) is 39.5 Å². The van der Waals surface area contributed by atoms with Crippen LogP contribution in [-0.4, -0.2) is 51.3 Å². The number of hydrogen-bond donors (Lipinski definition) is 3. The van der Waals surface area contributed by atoms with E-state index in [1.165, 1.54) is 0 Å². The van der Waals surface area contributed by atoms with E-state index in [1.807, 2.05) is 19.9 Å². The number of amides is 1. The Morgan fingerprint density at radius 3 is 2.52 bits per heavy atom. The molecule has 0 aromatic heterocycles. The Kier molecular flexibility index (Phi) is 13.7. The summed E-state index contributed by atoms with van der Waals surface area (Å²) in [5.74, 6) is 1.17. The summed E-state index contributed by atoms with van der Waals surface area (Å²) >= 11 is 0. The van der Waals surface area contributed by atoms with Gasteiger partial charge in [-0.15, -0.1) is 24.0 Å². The Bertz CT molecular complexity index is 624. The smallest absolute Gasteiger partial charge is 0.223 e. The molecule has 0 unspecified atom stereocenters. The van der Waals surface area contributed by atoms with Crippen molar-refractivity contribution in [3.63, 3.8) is 0 Å². The van der Waals surface area contributed by atoms with Gasteiger partial charge in [-0.25, -0.2) is 4.99 Å². The number of halogens is 1. The highest BCUT2D eigenvalue weighted by atomic mass is 127. The van der Waals surface area contributed by atoms with Gasteiger partial charge in [0, 0.05) is 32.2 Å². The minimum absolute atomic E-state index is 0. The van der Waals surface area contributed by atoms with Crippen LogP contribution >= 0.6 is 24.0 Å². The molecule has 0 atom stereocenters. The predicted molar refractivity (Wildman–Crippen MR) is 127 cm³/mol. The molecule has 0 aliphatic heterocycles. The molecule has 29 heavy (non-hydrogen) atoms. The van der Waals surface area contributed by atoms with Gasteiger partial charge in [0.15, 0.2) is 5.96 Å². The predicted octanol–water partition coefficient (Wildman–Crippen LogP) is 2.44. The minimum Gasteiger partial charge on any atom is -0.379 e. The van der Waals surface area contributed by atoms with Gasteiger partial charge in [-0.2, -0.15) is 0 Å². The van der Waals surface area contributed by atoms with E-state index in [2.05, 4.69) is 39.1 Å². The summed E-state index contributed by atoms with van der Waals surface area (Å²) in [4.78, 5) is 16.3. The summed E-state index contributed by atoms with van der Waals surface area (Å²) in [6, 6.07) is 8.26. The number of guanidine groups is 1. The van der Waals surface area contributed by atoms with E-state index in [-0.39, 0.29) is 35.8 Å². The zero-order chi connectivity index (χ0) is 20.0. The van der Waals surface area contributed by atoms with Crippen LogP contribution in [0.3, 0.4) is 0 Å². The first-order valence-corrected chi connectivity index (χ1v) is 10.3. The average molecular weight is 518 g/mol. The van der Waals surface area contributed by atoms with E-state index >= 15 is 0 Å². The van der Waals surface area contributed by atoms with Gasteiger partial charge < -0.3 is 25.4 Å². The summed E-state index contributed by atoms with van der Waals surface area (Å²) in [5, 5.41) is 9.44. The zero-order valence-electron chi connectivity index (χ0n) is 17.5. The third-order valence-corrected chi connectivity index (χ3v) is 4.27. The summed E-state index contributed by atoms with van der Waals surface area (Å²) in [6.07, 6.45) is 2.06. The summed E-state index contributed by atoms with van der Waals surface area (Å²) in [7, 11) is 0. The molecule has 1 fully saturated rings. The zero-order valence-corrected chi connectivity index (χ0v) is 19.9. The molecular formula is C21H35IN4O3.